The van der Waals surface area contributed by atoms with Gasteiger partial charge in [-0.15, -0.1) is 0 Å². The molecule has 126 valence electrons. The fourth-order valence-electron chi connectivity index (χ4n) is 4.02. The second kappa shape index (κ2) is 5.91. The summed E-state index contributed by atoms with van der Waals surface area (Å²) >= 11 is 0. The summed E-state index contributed by atoms with van der Waals surface area (Å²) in [5.74, 6) is 0.520. The first-order valence-electron chi connectivity index (χ1n) is 8.65. The second-order valence-corrected chi connectivity index (χ2v) is 7.49. The third-order valence-electron chi connectivity index (χ3n) is 5.96. The summed E-state index contributed by atoms with van der Waals surface area (Å²) in [7, 11) is 0. The van der Waals surface area contributed by atoms with Crippen molar-refractivity contribution in [3.8, 4) is 0 Å². The average molecular weight is 316 g/mol. The molecule has 3 unspecified atom stereocenters. The van der Waals surface area contributed by atoms with Gasteiger partial charge < -0.3 is 15.4 Å². The van der Waals surface area contributed by atoms with Gasteiger partial charge in [0.2, 0.25) is 5.91 Å². The SMILES string of the molecule is CCOC1CC(N)(C(=O)N2CCC(c3ccccc3)C2)C1(C)C. The van der Waals surface area contributed by atoms with Crippen molar-refractivity contribution >= 4 is 5.91 Å². The van der Waals surface area contributed by atoms with Crippen molar-refractivity contribution in [2.24, 2.45) is 11.1 Å². The summed E-state index contributed by atoms with van der Waals surface area (Å²) in [6, 6.07) is 10.4. The Labute approximate surface area is 139 Å². The van der Waals surface area contributed by atoms with E-state index >= 15 is 0 Å². The van der Waals surface area contributed by atoms with Crippen LogP contribution in [0.2, 0.25) is 0 Å². The normalized spacial score (nSPS) is 32.6. The maximum Gasteiger partial charge on any atom is 0.243 e. The molecule has 1 saturated carbocycles. The highest BCUT2D eigenvalue weighted by molar-refractivity contribution is 5.89. The second-order valence-electron chi connectivity index (χ2n) is 7.49. The van der Waals surface area contributed by atoms with Crippen molar-refractivity contribution in [3.05, 3.63) is 35.9 Å². The maximum atomic E-state index is 13.0. The lowest BCUT2D eigenvalue weighted by Gasteiger charge is -2.58. The molecule has 23 heavy (non-hydrogen) atoms. The van der Waals surface area contributed by atoms with E-state index in [1.165, 1.54) is 5.56 Å². The predicted octanol–water partition coefficient (Wildman–Crippen LogP) is 2.54. The first-order valence-corrected chi connectivity index (χ1v) is 8.65. The molecule has 3 atom stereocenters. The Morgan fingerprint density at radius 3 is 2.65 bits per heavy atom. The van der Waals surface area contributed by atoms with E-state index in [0.29, 0.717) is 18.9 Å². The molecule has 2 fully saturated rings. The Morgan fingerprint density at radius 1 is 1.35 bits per heavy atom. The third kappa shape index (κ3) is 2.58. The predicted molar refractivity (Wildman–Crippen MR) is 91.1 cm³/mol. The van der Waals surface area contributed by atoms with Crippen molar-refractivity contribution < 1.29 is 9.53 Å². The topological polar surface area (TPSA) is 55.6 Å². The van der Waals surface area contributed by atoms with Gasteiger partial charge in [-0.1, -0.05) is 44.2 Å². The van der Waals surface area contributed by atoms with Gasteiger partial charge in [-0.25, -0.2) is 0 Å². The number of likely N-dealkylation sites (tertiary alicyclic amines) is 1. The molecule has 1 aliphatic carbocycles. The first kappa shape index (κ1) is 16.5. The van der Waals surface area contributed by atoms with E-state index < -0.39 is 5.54 Å². The molecule has 0 aromatic heterocycles. The number of ether oxygens (including phenoxy) is 1. The number of carbonyl (C=O) groups excluding carboxylic acids is 1. The molecular weight excluding hydrogens is 288 g/mol. The van der Waals surface area contributed by atoms with Crippen LogP contribution in [-0.4, -0.2) is 42.1 Å². The fraction of sp³-hybridized carbons (Fsp3) is 0.632. The third-order valence-corrected chi connectivity index (χ3v) is 5.96. The zero-order valence-corrected chi connectivity index (χ0v) is 14.4. The van der Waals surface area contributed by atoms with Gasteiger partial charge in [0.25, 0.3) is 0 Å². The molecule has 4 heteroatoms. The maximum absolute atomic E-state index is 13.0. The Morgan fingerprint density at radius 2 is 2.04 bits per heavy atom. The molecular formula is C19H28N2O2. The Kier molecular flexibility index (Phi) is 4.23. The number of hydrogen-bond acceptors (Lipinski definition) is 3. The number of nitrogens with zero attached hydrogens (tertiary/aromatic N) is 1. The smallest absolute Gasteiger partial charge is 0.243 e. The van der Waals surface area contributed by atoms with E-state index in [1.54, 1.807) is 0 Å². The van der Waals surface area contributed by atoms with Crippen LogP contribution in [0.1, 0.15) is 45.1 Å². The first-order chi connectivity index (χ1) is 10.9. The summed E-state index contributed by atoms with van der Waals surface area (Å²) in [5.41, 5.74) is 6.74. The number of nitrogens with two attached hydrogens (primary N) is 1. The Bertz CT molecular complexity index is 572. The summed E-state index contributed by atoms with van der Waals surface area (Å²) in [6.45, 7) is 8.33. The summed E-state index contributed by atoms with van der Waals surface area (Å²) in [5, 5.41) is 0. The highest BCUT2D eigenvalue weighted by Gasteiger charge is 2.64. The monoisotopic (exact) mass is 316 g/mol. The van der Waals surface area contributed by atoms with Crippen LogP contribution in [0.25, 0.3) is 0 Å². The molecule has 1 heterocycles. The molecule has 2 N–H and O–H groups in total. The molecule has 4 nitrogen and oxygen atoms in total. The molecule has 0 bridgehead atoms. The average Bonchev–Trinajstić information content (AvgIpc) is 3.04. The van der Waals surface area contributed by atoms with Crippen LogP contribution >= 0.6 is 0 Å². The van der Waals surface area contributed by atoms with Gasteiger partial charge in [0.15, 0.2) is 0 Å². The van der Waals surface area contributed by atoms with E-state index in [-0.39, 0.29) is 17.4 Å². The van der Waals surface area contributed by atoms with Crippen molar-refractivity contribution in [1.29, 1.82) is 0 Å². The van der Waals surface area contributed by atoms with E-state index in [4.69, 9.17) is 10.5 Å². The number of amides is 1. The van der Waals surface area contributed by atoms with Gasteiger partial charge in [-0.2, -0.15) is 0 Å². The lowest BCUT2D eigenvalue weighted by Crippen LogP contribution is -2.75. The molecule has 1 aliphatic heterocycles. The van der Waals surface area contributed by atoms with Crippen molar-refractivity contribution in [1.82, 2.24) is 4.90 Å². The zero-order chi connectivity index (χ0) is 16.7. The van der Waals surface area contributed by atoms with E-state index in [2.05, 4.69) is 38.1 Å². The number of hydrogen-bond donors (Lipinski definition) is 1. The minimum atomic E-state index is -0.793. The van der Waals surface area contributed by atoms with E-state index in [9.17, 15) is 4.79 Å². The number of rotatable bonds is 4. The highest BCUT2D eigenvalue weighted by atomic mass is 16.5. The molecule has 1 saturated heterocycles. The molecule has 1 amide bonds. The van der Waals surface area contributed by atoms with Crippen molar-refractivity contribution in [2.75, 3.05) is 19.7 Å². The van der Waals surface area contributed by atoms with Crippen molar-refractivity contribution in [2.45, 2.75) is 51.2 Å². The lowest BCUT2D eigenvalue weighted by molar-refractivity contribution is -0.178. The van der Waals surface area contributed by atoms with Gasteiger partial charge in [0.05, 0.1) is 6.10 Å². The highest BCUT2D eigenvalue weighted by Crippen LogP contribution is 2.51. The van der Waals surface area contributed by atoms with Crippen LogP contribution < -0.4 is 5.73 Å². The molecule has 1 aromatic rings. The van der Waals surface area contributed by atoms with Crippen LogP contribution in [0, 0.1) is 5.41 Å². The molecule has 1 aromatic carbocycles. The van der Waals surface area contributed by atoms with E-state index in [1.807, 2.05) is 17.9 Å². The number of benzene rings is 1. The lowest BCUT2D eigenvalue weighted by atomic mass is 9.54. The minimum Gasteiger partial charge on any atom is -0.378 e. The molecule has 0 radical (unpaired) electrons. The summed E-state index contributed by atoms with van der Waals surface area (Å²) in [4.78, 5) is 15.0. The van der Waals surface area contributed by atoms with Crippen LogP contribution in [0.15, 0.2) is 30.3 Å². The Balaban J connectivity index is 1.68. The van der Waals surface area contributed by atoms with Crippen molar-refractivity contribution in [3.63, 3.8) is 0 Å². The zero-order valence-electron chi connectivity index (χ0n) is 14.4. The Hall–Kier alpha value is -1.39. The molecule has 0 spiro atoms. The van der Waals surface area contributed by atoms with Gasteiger partial charge in [0, 0.05) is 37.5 Å². The van der Waals surface area contributed by atoms with Crippen LogP contribution in [0.5, 0.6) is 0 Å². The van der Waals surface area contributed by atoms with Gasteiger partial charge in [-0.05, 0) is 18.9 Å². The minimum absolute atomic E-state index is 0.0778. The largest absolute Gasteiger partial charge is 0.378 e. The van der Waals surface area contributed by atoms with Gasteiger partial charge in [0.1, 0.15) is 5.54 Å². The van der Waals surface area contributed by atoms with Gasteiger partial charge in [-0.3, -0.25) is 4.79 Å². The molecule has 2 aliphatic rings. The standard InChI is InChI=1S/C19H28N2O2/c1-4-23-16-12-19(20,18(16,2)3)17(22)21-11-10-15(13-21)14-8-6-5-7-9-14/h5-9,15-16H,4,10-13,20H2,1-3H3. The molecule has 3 rings (SSSR count). The summed E-state index contributed by atoms with van der Waals surface area (Å²) in [6.07, 6.45) is 1.72. The van der Waals surface area contributed by atoms with E-state index in [0.717, 1.165) is 19.5 Å². The van der Waals surface area contributed by atoms with Crippen LogP contribution in [0.3, 0.4) is 0 Å². The fourth-order valence-corrected chi connectivity index (χ4v) is 4.02. The van der Waals surface area contributed by atoms with Crippen LogP contribution in [0.4, 0.5) is 0 Å². The number of carbonyl (C=O) groups is 1. The van der Waals surface area contributed by atoms with Crippen LogP contribution in [-0.2, 0) is 9.53 Å². The van der Waals surface area contributed by atoms with Gasteiger partial charge >= 0.3 is 0 Å². The summed E-state index contributed by atoms with van der Waals surface area (Å²) < 4.78 is 5.74. The quantitative estimate of drug-likeness (QED) is 0.929.